The zero-order valence-electron chi connectivity index (χ0n) is 15.6. The molecule has 30 heavy (non-hydrogen) atoms. The second-order valence-electron chi connectivity index (χ2n) is 6.60. The molecule has 0 aliphatic rings. The molecule has 0 unspecified atom stereocenters. The standard InChI is InChI=1S/C19H15F3N6O2/c1-27-23-14-7-6-13(8-16(14)24-27)15-9-17(19(20,21)22)28(25-15)10-11-2-4-12(5-3-11)18(29)26-30/h2-9,30H,10H2,1H3,(H,26,29). The summed E-state index contributed by atoms with van der Waals surface area (Å²) in [5, 5.41) is 21.1. The van der Waals surface area contributed by atoms with Crippen LogP contribution in [-0.2, 0) is 19.8 Å². The van der Waals surface area contributed by atoms with Crippen LogP contribution < -0.4 is 5.48 Å². The summed E-state index contributed by atoms with van der Waals surface area (Å²) in [6.45, 7) is -0.150. The predicted octanol–water partition coefficient (Wildman–Crippen LogP) is 3.02. The Morgan fingerprint density at radius 2 is 1.73 bits per heavy atom. The van der Waals surface area contributed by atoms with Crippen molar-refractivity contribution in [2.45, 2.75) is 12.7 Å². The highest BCUT2D eigenvalue weighted by Crippen LogP contribution is 2.33. The molecule has 2 aromatic carbocycles. The van der Waals surface area contributed by atoms with Crippen LogP contribution in [0.1, 0.15) is 21.6 Å². The maximum absolute atomic E-state index is 13.6. The topological polar surface area (TPSA) is 97.9 Å². The van der Waals surface area contributed by atoms with Crippen molar-refractivity contribution in [1.82, 2.24) is 30.3 Å². The molecule has 0 saturated heterocycles. The van der Waals surface area contributed by atoms with E-state index in [-0.39, 0.29) is 17.8 Å². The van der Waals surface area contributed by atoms with Gasteiger partial charge in [0.15, 0.2) is 0 Å². The number of rotatable bonds is 4. The maximum Gasteiger partial charge on any atom is 0.433 e. The van der Waals surface area contributed by atoms with E-state index < -0.39 is 17.8 Å². The van der Waals surface area contributed by atoms with Gasteiger partial charge >= 0.3 is 6.18 Å². The van der Waals surface area contributed by atoms with Gasteiger partial charge < -0.3 is 0 Å². The third-order valence-electron chi connectivity index (χ3n) is 4.50. The molecule has 0 bridgehead atoms. The van der Waals surface area contributed by atoms with Crippen LogP contribution in [0.15, 0.2) is 48.5 Å². The van der Waals surface area contributed by atoms with Crippen molar-refractivity contribution >= 4 is 16.9 Å². The van der Waals surface area contributed by atoms with Gasteiger partial charge in [0, 0.05) is 18.2 Å². The van der Waals surface area contributed by atoms with E-state index in [9.17, 15) is 18.0 Å². The second-order valence-corrected chi connectivity index (χ2v) is 6.60. The highest BCUT2D eigenvalue weighted by atomic mass is 19.4. The molecule has 0 aliphatic heterocycles. The van der Waals surface area contributed by atoms with E-state index in [4.69, 9.17) is 5.21 Å². The van der Waals surface area contributed by atoms with Crippen molar-refractivity contribution in [2.75, 3.05) is 0 Å². The molecular weight excluding hydrogens is 401 g/mol. The molecule has 0 saturated carbocycles. The molecule has 0 atom stereocenters. The summed E-state index contributed by atoms with van der Waals surface area (Å²) in [7, 11) is 1.66. The molecule has 0 fully saturated rings. The monoisotopic (exact) mass is 416 g/mol. The predicted molar refractivity (Wildman–Crippen MR) is 99.5 cm³/mol. The molecule has 4 aromatic rings. The van der Waals surface area contributed by atoms with Crippen molar-refractivity contribution in [2.24, 2.45) is 7.05 Å². The number of benzene rings is 2. The van der Waals surface area contributed by atoms with Gasteiger partial charge in [-0.3, -0.25) is 14.7 Å². The van der Waals surface area contributed by atoms with Gasteiger partial charge in [0.05, 0.1) is 12.2 Å². The lowest BCUT2D eigenvalue weighted by molar-refractivity contribution is -0.144. The molecule has 11 heteroatoms. The van der Waals surface area contributed by atoms with Crippen LogP contribution >= 0.6 is 0 Å². The van der Waals surface area contributed by atoms with Crippen LogP contribution in [0, 0.1) is 0 Å². The Morgan fingerprint density at radius 3 is 2.40 bits per heavy atom. The molecule has 1 amide bonds. The van der Waals surface area contributed by atoms with Crippen LogP contribution in [0.4, 0.5) is 13.2 Å². The van der Waals surface area contributed by atoms with Crippen molar-refractivity contribution < 1.29 is 23.2 Å². The Hall–Kier alpha value is -3.73. The average molecular weight is 416 g/mol. The first-order chi connectivity index (χ1) is 14.2. The fourth-order valence-corrected chi connectivity index (χ4v) is 3.09. The SMILES string of the molecule is Cn1nc2ccc(-c3cc(C(F)(F)F)n(Cc4ccc(C(=O)NO)cc4)n3)cc2n1. The van der Waals surface area contributed by atoms with Crippen molar-refractivity contribution in [3.63, 3.8) is 0 Å². The van der Waals surface area contributed by atoms with Gasteiger partial charge in [-0.25, -0.2) is 5.48 Å². The number of carbonyl (C=O) groups is 1. The molecule has 4 rings (SSSR count). The van der Waals surface area contributed by atoms with Crippen LogP contribution in [-0.4, -0.2) is 35.9 Å². The maximum atomic E-state index is 13.6. The number of aromatic nitrogens is 5. The number of hydrogen-bond acceptors (Lipinski definition) is 5. The number of nitrogens with zero attached hydrogens (tertiary/aromatic N) is 5. The minimum absolute atomic E-state index is 0.150. The summed E-state index contributed by atoms with van der Waals surface area (Å²) in [4.78, 5) is 12.8. The van der Waals surface area contributed by atoms with Gasteiger partial charge in [-0.1, -0.05) is 18.2 Å². The summed E-state index contributed by atoms with van der Waals surface area (Å²) < 4.78 is 41.6. The number of halogens is 3. The Morgan fingerprint density at radius 1 is 1.03 bits per heavy atom. The number of nitrogens with one attached hydrogen (secondary N) is 1. The first-order valence-electron chi connectivity index (χ1n) is 8.74. The minimum atomic E-state index is -4.60. The highest BCUT2D eigenvalue weighted by Gasteiger charge is 2.36. The number of fused-ring (bicyclic) bond motifs is 1. The molecule has 0 radical (unpaired) electrons. The normalized spacial score (nSPS) is 11.8. The zero-order chi connectivity index (χ0) is 21.5. The number of alkyl halides is 3. The minimum Gasteiger partial charge on any atom is -0.288 e. The van der Waals surface area contributed by atoms with Gasteiger partial charge in [0.25, 0.3) is 5.91 Å². The lowest BCUT2D eigenvalue weighted by atomic mass is 10.1. The Labute approximate surface area is 167 Å². The number of aryl methyl sites for hydroxylation is 1. The van der Waals surface area contributed by atoms with Crippen LogP contribution in [0.3, 0.4) is 0 Å². The fraction of sp³-hybridized carbons (Fsp3) is 0.158. The first kappa shape index (κ1) is 19.6. The van der Waals surface area contributed by atoms with Crippen LogP contribution in [0.25, 0.3) is 22.3 Å². The molecule has 2 N–H and O–H groups in total. The molecule has 0 aliphatic carbocycles. The van der Waals surface area contributed by atoms with E-state index in [1.54, 1.807) is 25.2 Å². The first-order valence-corrected chi connectivity index (χ1v) is 8.74. The summed E-state index contributed by atoms with van der Waals surface area (Å²) in [5.41, 5.74) is 3.12. The molecule has 2 aromatic heterocycles. The van der Waals surface area contributed by atoms with Crippen LogP contribution in [0.2, 0.25) is 0 Å². The summed E-state index contributed by atoms with van der Waals surface area (Å²) in [6, 6.07) is 11.8. The van der Waals surface area contributed by atoms with E-state index in [2.05, 4.69) is 15.3 Å². The van der Waals surface area contributed by atoms with Crippen LogP contribution in [0.5, 0.6) is 0 Å². The molecule has 154 valence electrons. The fourth-order valence-electron chi connectivity index (χ4n) is 3.09. The Bertz CT molecular complexity index is 1230. The van der Waals surface area contributed by atoms with Crippen molar-refractivity contribution in [1.29, 1.82) is 0 Å². The lowest BCUT2D eigenvalue weighted by Gasteiger charge is -2.10. The second kappa shape index (κ2) is 7.26. The molecular formula is C19H15F3N6O2. The molecule has 0 spiro atoms. The quantitative estimate of drug-likeness (QED) is 0.394. The summed E-state index contributed by atoms with van der Waals surface area (Å²) in [6.07, 6.45) is -4.60. The van der Waals surface area contributed by atoms with Gasteiger partial charge in [0.2, 0.25) is 0 Å². The molecule has 8 nitrogen and oxygen atoms in total. The largest absolute Gasteiger partial charge is 0.433 e. The number of carbonyl (C=O) groups excluding carboxylic acids is 1. The summed E-state index contributed by atoms with van der Waals surface area (Å²) in [5.74, 6) is -0.710. The van der Waals surface area contributed by atoms with Crippen molar-refractivity contribution in [3.05, 3.63) is 65.4 Å². The lowest BCUT2D eigenvalue weighted by Crippen LogP contribution is -2.18. The molecule has 2 heterocycles. The third kappa shape index (κ3) is 3.74. The van der Waals surface area contributed by atoms with E-state index in [0.717, 1.165) is 10.7 Å². The smallest absolute Gasteiger partial charge is 0.288 e. The van der Waals surface area contributed by atoms with Gasteiger partial charge in [-0.2, -0.15) is 33.3 Å². The Kier molecular flexibility index (Phi) is 4.74. The van der Waals surface area contributed by atoms with E-state index in [0.29, 0.717) is 22.2 Å². The van der Waals surface area contributed by atoms with E-state index >= 15 is 0 Å². The highest BCUT2D eigenvalue weighted by molar-refractivity contribution is 5.93. The van der Waals surface area contributed by atoms with Crippen molar-refractivity contribution in [3.8, 4) is 11.3 Å². The average Bonchev–Trinajstić information content (AvgIpc) is 3.29. The number of hydroxylamine groups is 1. The Balaban J connectivity index is 1.70. The van der Waals surface area contributed by atoms with Gasteiger partial charge in [0.1, 0.15) is 16.7 Å². The number of hydrogen-bond donors (Lipinski definition) is 2. The third-order valence-corrected chi connectivity index (χ3v) is 4.50. The van der Waals surface area contributed by atoms with E-state index in [1.807, 2.05) is 0 Å². The van der Waals surface area contributed by atoms with Gasteiger partial charge in [-0.05, 0) is 35.9 Å². The van der Waals surface area contributed by atoms with E-state index in [1.165, 1.54) is 34.5 Å². The zero-order valence-corrected chi connectivity index (χ0v) is 15.6. The van der Waals surface area contributed by atoms with Gasteiger partial charge in [-0.15, -0.1) is 0 Å². The summed E-state index contributed by atoms with van der Waals surface area (Å²) >= 11 is 0. The number of amides is 1.